The van der Waals surface area contributed by atoms with E-state index in [0.29, 0.717) is 17.4 Å². The van der Waals surface area contributed by atoms with Crippen LogP contribution in [-0.2, 0) is 5.75 Å². The number of rotatable bonds is 5. The lowest BCUT2D eigenvalue weighted by Crippen LogP contribution is -2.25. The molecular formula is C18H17N3O2S. The highest BCUT2D eigenvalue weighted by molar-refractivity contribution is 7.98. The predicted molar refractivity (Wildman–Crippen MR) is 93.0 cm³/mol. The summed E-state index contributed by atoms with van der Waals surface area (Å²) in [5.41, 5.74) is 2.39. The molecule has 1 fully saturated rings. The van der Waals surface area contributed by atoms with Crippen LogP contribution in [0.1, 0.15) is 34.7 Å². The molecule has 0 saturated heterocycles. The van der Waals surface area contributed by atoms with Crippen molar-refractivity contribution in [3.05, 3.63) is 53.4 Å². The van der Waals surface area contributed by atoms with Gasteiger partial charge < -0.3 is 9.84 Å². The van der Waals surface area contributed by atoms with E-state index in [4.69, 9.17) is 4.52 Å². The topological polar surface area (TPSA) is 68.0 Å². The fourth-order valence-corrected chi connectivity index (χ4v) is 3.33. The molecule has 4 rings (SSSR count). The van der Waals surface area contributed by atoms with Gasteiger partial charge in [0.15, 0.2) is 0 Å². The zero-order chi connectivity index (χ0) is 16.5. The van der Waals surface area contributed by atoms with Gasteiger partial charge in [0.25, 0.3) is 5.91 Å². The molecule has 1 amide bonds. The van der Waals surface area contributed by atoms with Gasteiger partial charge in [0.05, 0.1) is 21.8 Å². The Morgan fingerprint density at radius 3 is 2.92 bits per heavy atom. The van der Waals surface area contributed by atoms with Crippen molar-refractivity contribution < 1.29 is 9.32 Å². The van der Waals surface area contributed by atoms with Crippen LogP contribution in [0.15, 0.2) is 45.9 Å². The number of benzene rings is 1. The number of nitrogens with zero attached hydrogens (tertiary/aromatic N) is 2. The first-order valence-corrected chi connectivity index (χ1v) is 8.93. The van der Waals surface area contributed by atoms with Gasteiger partial charge in [0.1, 0.15) is 5.76 Å². The van der Waals surface area contributed by atoms with Gasteiger partial charge >= 0.3 is 0 Å². The number of thioether (sulfide) groups is 1. The summed E-state index contributed by atoms with van der Waals surface area (Å²) in [6.45, 7) is 1.87. The van der Waals surface area contributed by atoms with E-state index in [2.05, 4.69) is 15.5 Å². The molecule has 1 saturated carbocycles. The largest absolute Gasteiger partial charge is 0.361 e. The lowest BCUT2D eigenvalue weighted by atomic mass is 10.1. The lowest BCUT2D eigenvalue weighted by Gasteiger charge is -2.09. The van der Waals surface area contributed by atoms with E-state index in [0.717, 1.165) is 40.2 Å². The number of aromatic nitrogens is 2. The smallest absolute Gasteiger partial charge is 0.252 e. The van der Waals surface area contributed by atoms with Gasteiger partial charge in [-0.05, 0) is 31.9 Å². The van der Waals surface area contributed by atoms with Crippen LogP contribution in [0.25, 0.3) is 10.9 Å². The lowest BCUT2D eigenvalue weighted by molar-refractivity contribution is 0.0952. The van der Waals surface area contributed by atoms with Gasteiger partial charge in [-0.25, -0.2) is 4.98 Å². The molecule has 1 N–H and O–H groups in total. The summed E-state index contributed by atoms with van der Waals surface area (Å²) < 4.78 is 5.09. The van der Waals surface area contributed by atoms with Crippen molar-refractivity contribution in [2.75, 3.05) is 0 Å². The molecule has 0 radical (unpaired) electrons. The van der Waals surface area contributed by atoms with Gasteiger partial charge in [-0.15, -0.1) is 0 Å². The molecule has 6 heteroatoms. The summed E-state index contributed by atoms with van der Waals surface area (Å²) in [5, 5.41) is 8.76. The zero-order valence-corrected chi connectivity index (χ0v) is 14.1. The van der Waals surface area contributed by atoms with E-state index in [1.807, 2.05) is 43.3 Å². The minimum Gasteiger partial charge on any atom is -0.361 e. The number of pyridine rings is 1. The highest BCUT2D eigenvalue weighted by atomic mass is 32.2. The van der Waals surface area contributed by atoms with Crippen LogP contribution in [0.3, 0.4) is 0 Å². The minimum absolute atomic E-state index is 0.0183. The SMILES string of the molecule is Cc1cc(CSc2cc(C(=O)NC3CC3)c3ccccc3n2)no1. The average molecular weight is 339 g/mol. The molecule has 2 aromatic heterocycles. The Kier molecular flexibility index (Phi) is 3.98. The minimum atomic E-state index is -0.0183. The second-order valence-electron chi connectivity index (χ2n) is 5.99. The number of fused-ring (bicyclic) bond motifs is 1. The van der Waals surface area contributed by atoms with Crippen LogP contribution in [-0.4, -0.2) is 22.1 Å². The third kappa shape index (κ3) is 3.28. The second kappa shape index (κ2) is 6.28. The maximum absolute atomic E-state index is 12.6. The Hall–Kier alpha value is -2.34. The monoisotopic (exact) mass is 339 g/mol. The van der Waals surface area contributed by atoms with Gasteiger partial charge in [0.2, 0.25) is 0 Å². The van der Waals surface area contributed by atoms with E-state index >= 15 is 0 Å². The molecule has 3 aromatic rings. The summed E-state index contributed by atoms with van der Waals surface area (Å²) in [5.74, 6) is 1.43. The number of aryl methyl sites for hydroxylation is 1. The molecule has 0 unspecified atom stereocenters. The first-order chi connectivity index (χ1) is 11.7. The first kappa shape index (κ1) is 15.2. The quantitative estimate of drug-likeness (QED) is 0.718. The molecule has 0 bridgehead atoms. The van der Waals surface area contributed by atoms with E-state index in [9.17, 15) is 4.79 Å². The van der Waals surface area contributed by atoms with Crippen molar-refractivity contribution >= 4 is 28.6 Å². The Morgan fingerprint density at radius 1 is 1.33 bits per heavy atom. The van der Waals surface area contributed by atoms with Crippen molar-refractivity contribution in [3.63, 3.8) is 0 Å². The maximum atomic E-state index is 12.6. The zero-order valence-electron chi connectivity index (χ0n) is 13.3. The Morgan fingerprint density at radius 2 is 2.17 bits per heavy atom. The van der Waals surface area contributed by atoms with Crippen LogP contribution < -0.4 is 5.32 Å². The molecule has 5 nitrogen and oxygen atoms in total. The third-order valence-corrected chi connectivity index (χ3v) is 4.84. The van der Waals surface area contributed by atoms with Crippen molar-refractivity contribution in [2.45, 2.75) is 36.6 Å². The molecular weight excluding hydrogens is 322 g/mol. The molecule has 122 valence electrons. The third-order valence-electron chi connectivity index (χ3n) is 3.89. The van der Waals surface area contributed by atoms with Gasteiger partial charge in [-0.3, -0.25) is 4.79 Å². The van der Waals surface area contributed by atoms with Crippen molar-refractivity contribution in [3.8, 4) is 0 Å². The molecule has 0 aliphatic heterocycles. The Balaban J connectivity index is 1.63. The van der Waals surface area contributed by atoms with E-state index < -0.39 is 0 Å². The summed E-state index contributed by atoms with van der Waals surface area (Å²) in [6.07, 6.45) is 2.14. The predicted octanol–water partition coefficient (Wildman–Crippen LogP) is 3.72. The second-order valence-corrected chi connectivity index (χ2v) is 6.99. The number of para-hydroxylation sites is 1. The summed E-state index contributed by atoms with van der Waals surface area (Å²) >= 11 is 1.55. The number of amides is 1. The average Bonchev–Trinajstić information content (AvgIpc) is 3.31. The summed E-state index contributed by atoms with van der Waals surface area (Å²) in [6, 6.07) is 11.9. The number of nitrogens with one attached hydrogen (secondary N) is 1. The molecule has 2 heterocycles. The Bertz CT molecular complexity index is 902. The van der Waals surface area contributed by atoms with Crippen LogP contribution in [0.2, 0.25) is 0 Å². The van der Waals surface area contributed by atoms with E-state index in [1.54, 1.807) is 11.8 Å². The van der Waals surface area contributed by atoms with Gasteiger partial charge in [0, 0.05) is 23.2 Å². The fraction of sp³-hybridized carbons (Fsp3) is 0.278. The molecule has 0 spiro atoms. The highest BCUT2D eigenvalue weighted by Crippen LogP contribution is 2.27. The molecule has 1 aromatic carbocycles. The number of hydrogen-bond acceptors (Lipinski definition) is 5. The van der Waals surface area contributed by atoms with Crippen molar-refractivity contribution in [1.29, 1.82) is 0 Å². The maximum Gasteiger partial charge on any atom is 0.252 e. The number of carbonyl (C=O) groups excluding carboxylic acids is 1. The standard InChI is InChI=1S/C18H17N3O2S/c1-11-8-13(21-23-11)10-24-17-9-15(18(22)19-12-6-7-12)14-4-2-3-5-16(14)20-17/h2-5,8-9,12H,6-7,10H2,1H3,(H,19,22). The van der Waals surface area contributed by atoms with Gasteiger partial charge in [-0.2, -0.15) is 0 Å². The molecule has 1 aliphatic rings. The van der Waals surface area contributed by atoms with E-state index in [1.165, 1.54) is 0 Å². The van der Waals surface area contributed by atoms with Crippen molar-refractivity contribution in [1.82, 2.24) is 15.5 Å². The summed E-state index contributed by atoms with van der Waals surface area (Å²) in [4.78, 5) is 17.2. The first-order valence-electron chi connectivity index (χ1n) is 7.95. The van der Waals surface area contributed by atoms with Crippen molar-refractivity contribution in [2.24, 2.45) is 0 Å². The van der Waals surface area contributed by atoms with Crippen LogP contribution in [0, 0.1) is 6.92 Å². The molecule has 0 atom stereocenters. The summed E-state index contributed by atoms with van der Waals surface area (Å²) in [7, 11) is 0. The fourth-order valence-electron chi connectivity index (χ4n) is 2.54. The molecule has 24 heavy (non-hydrogen) atoms. The number of carbonyl (C=O) groups is 1. The van der Waals surface area contributed by atoms with Crippen LogP contribution in [0.5, 0.6) is 0 Å². The Labute approximate surface area is 143 Å². The molecule has 1 aliphatic carbocycles. The normalized spacial score (nSPS) is 14.0. The van der Waals surface area contributed by atoms with Crippen LogP contribution >= 0.6 is 11.8 Å². The van der Waals surface area contributed by atoms with E-state index in [-0.39, 0.29) is 5.91 Å². The highest BCUT2D eigenvalue weighted by Gasteiger charge is 2.25. The van der Waals surface area contributed by atoms with Crippen LogP contribution in [0.4, 0.5) is 0 Å². The number of hydrogen-bond donors (Lipinski definition) is 1. The van der Waals surface area contributed by atoms with Gasteiger partial charge in [-0.1, -0.05) is 35.1 Å².